The third-order valence-corrected chi connectivity index (χ3v) is 8.52. The quantitative estimate of drug-likeness (QED) is 0.401. The van der Waals surface area contributed by atoms with E-state index in [1.54, 1.807) is 31.2 Å². The summed E-state index contributed by atoms with van der Waals surface area (Å²) in [5.74, 6) is 1.90. The number of hydrogen-bond acceptors (Lipinski definition) is 8. The first-order valence-corrected chi connectivity index (χ1v) is 14.9. The van der Waals surface area contributed by atoms with Gasteiger partial charge in [-0.25, -0.2) is 5.01 Å². The van der Waals surface area contributed by atoms with E-state index >= 15 is 0 Å². The van der Waals surface area contributed by atoms with Gasteiger partial charge >= 0.3 is 0 Å². The van der Waals surface area contributed by atoms with Crippen molar-refractivity contribution < 1.29 is 28.5 Å². The molecule has 1 saturated heterocycles. The van der Waals surface area contributed by atoms with Crippen LogP contribution >= 0.6 is 0 Å². The summed E-state index contributed by atoms with van der Waals surface area (Å²) in [4.78, 5) is 31.8. The fraction of sp³-hybridized carbons (Fsp3) is 0.531. The van der Waals surface area contributed by atoms with Gasteiger partial charge in [-0.15, -0.1) is 0 Å². The minimum Gasteiger partial charge on any atom is -0.497 e. The topological polar surface area (TPSA) is 93.1 Å². The molecule has 2 aliphatic heterocycles. The van der Waals surface area contributed by atoms with Crippen LogP contribution in [-0.2, 0) is 14.3 Å². The zero-order chi connectivity index (χ0) is 29.5. The van der Waals surface area contributed by atoms with Gasteiger partial charge < -0.3 is 23.8 Å². The molecule has 2 amide bonds. The Balaban J connectivity index is 1.41. The van der Waals surface area contributed by atoms with Gasteiger partial charge in [0.1, 0.15) is 23.8 Å². The highest BCUT2D eigenvalue weighted by atomic mass is 16.5. The van der Waals surface area contributed by atoms with Crippen LogP contribution in [0.5, 0.6) is 17.2 Å². The largest absolute Gasteiger partial charge is 0.497 e. The lowest BCUT2D eigenvalue weighted by molar-refractivity contribution is -0.144. The van der Waals surface area contributed by atoms with Crippen LogP contribution in [0.2, 0.25) is 0 Å². The van der Waals surface area contributed by atoms with Crippen LogP contribution in [0.1, 0.15) is 49.3 Å². The lowest BCUT2D eigenvalue weighted by atomic mass is 9.97. The molecule has 2 aromatic carbocycles. The molecule has 0 spiro atoms. The molecule has 3 aliphatic rings. The molecule has 0 bridgehead atoms. The molecule has 1 unspecified atom stereocenters. The maximum atomic E-state index is 14.1. The standard InChI is InChI=1S/C32H42N4O6/c1-39-25-10-8-23(9-11-25)29-21-28(27-13-12-26(40-2)20-30(27)41-3)33-36(29)31(37)22-35(32(38)24-6-4-5-7-24)15-14-34-16-18-42-19-17-34/h8-13,20,24,29H,4-7,14-19,21-22H2,1-3H3. The van der Waals surface area contributed by atoms with E-state index in [2.05, 4.69) is 4.90 Å². The molecule has 10 heteroatoms. The third-order valence-electron chi connectivity index (χ3n) is 8.52. The number of benzene rings is 2. The number of hydrogen-bond donors (Lipinski definition) is 0. The molecule has 5 rings (SSSR count). The summed E-state index contributed by atoms with van der Waals surface area (Å²) in [5.41, 5.74) is 2.49. The van der Waals surface area contributed by atoms with Gasteiger partial charge in [0.25, 0.3) is 5.91 Å². The summed E-state index contributed by atoms with van der Waals surface area (Å²) in [5, 5.41) is 6.43. The lowest BCUT2D eigenvalue weighted by Crippen LogP contribution is -2.47. The van der Waals surface area contributed by atoms with Gasteiger partial charge in [0.05, 0.1) is 46.3 Å². The minimum atomic E-state index is -0.326. The van der Waals surface area contributed by atoms with Crippen molar-refractivity contribution in [1.29, 1.82) is 0 Å². The highest BCUT2D eigenvalue weighted by Crippen LogP contribution is 2.37. The Labute approximate surface area is 248 Å². The van der Waals surface area contributed by atoms with Gasteiger partial charge in [-0.1, -0.05) is 25.0 Å². The Morgan fingerprint density at radius 1 is 0.952 bits per heavy atom. The van der Waals surface area contributed by atoms with Gasteiger partial charge in [-0.05, 0) is 42.7 Å². The monoisotopic (exact) mass is 578 g/mol. The van der Waals surface area contributed by atoms with E-state index in [9.17, 15) is 9.59 Å². The Bertz CT molecular complexity index is 1250. The molecule has 0 radical (unpaired) electrons. The normalized spacial score (nSPS) is 19.5. The van der Waals surface area contributed by atoms with Crippen molar-refractivity contribution in [2.75, 3.05) is 67.3 Å². The summed E-state index contributed by atoms with van der Waals surface area (Å²) in [6.45, 7) is 4.27. The maximum Gasteiger partial charge on any atom is 0.262 e. The van der Waals surface area contributed by atoms with Crippen LogP contribution in [0.3, 0.4) is 0 Å². The second-order valence-corrected chi connectivity index (χ2v) is 11.0. The van der Waals surface area contributed by atoms with Crippen molar-refractivity contribution in [3.8, 4) is 17.2 Å². The van der Waals surface area contributed by atoms with Crippen LogP contribution in [0.15, 0.2) is 47.6 Å². The molecule has 0 N–H and O–H groups in total. The van der Waals surface area contributed by atoms with Crippen LogP contribution < -0.4 is 14.2 Å². The summed E-state index contributed by atoms with van der Waals surface area (Å²) in [6.07, 6.45) is 4.40. The van der Waals surface area contributed by atoms with Crippen molar-refractivity contribution >= 4 is 17.5 Å². The molecule has 1 atom stereocenters. The Morgan fingerprint density at radius 2 is 1.64 bits per heavy atom. The molecule has 1 aliphatic carbocycles. The van der Waals surface area contributed by atoms with E-state index < -0.39 is 0 Å². The maximum absolute atomic E-state index is 14.1. The summed E-state index contributed by atoms with van der Waals surface area (Å²) < 4.78 is 21.9. The minimum absolute atomic E-state index is 0.0111. The van der Waals surface area contributed by atoms with Crippen LogP contribution in [0, 0.1) is 5.92 Å². The molecule has 2 fully saturated rings. The summed E-state index contributed by atoms with van der Waals surface area (Å²) in [7, 11) is 4.85. The molecule has 2 heterocycles. The van der Waals surface area contributed by atoms with Crippen molar-refractivity contribution in [3.63, 3.8) is 0 Å². The Hall–Kier alpha value is -3.63. The second kappa shape index (κ2) is 14.0. The van der Waals surface area contributed by atoms with E-state index in [0.717, 1.165) is 61.4 Å². The first kappa shape index (κ1) is 29.8. The van der Waals surface area contributed by atoms with Crippen LogP contribution in [-0.4, -0.2) is 99.6 Å². The number of amides is 2. The zero-order valence-electron chi connectivity index (χ0n) is 24.9. The van der Waals surface area contributed by atoms with Gasteiger partial charge in [-0.3, -0.25) is 14.5 Å². The van der Waals surface area contributed by atoms with Gasteiger partial charge in [0.15, 0.2) is 0 Å². The number of morpholine rings is 1. The molecule has 1 saturated carbocycles. The molecule has 42 heavy (non-hydrogen) atoms. The predicted molar refractivity (Wildman–Crippen MR) is 159 cm³/mol. The predicted octanol–water partition coefficient (Wildman–Crippen LogP) is 3.74. The number of rotatable bonds is 11. The van der Waals surface area contributed by atoms with Gasteiger partial charge in [0.2, 0.25) is 5.91 Å². The second-order valence-electron chi connectivity index (χ2n) is 11.0. The van der Waals surface area contributed by atoms with E-state index in [1.165, 1.54) is 0 Å². The first-order chi connectivity index (χ1) is 20.5. The summed E-state index contributed by atoms with van der Waals surface area (Å²) >= 11 is 0. The molecule has 226 valence electrons. The van der Waals surface area contributed by atoms with E-state index in [4.69, 9.17) is 24.0 Å². The van der Waals surface area contributed by atoms with Gasteiger partial charge in [-0.2, -0.15) is 5.10 Å². The number of carbonyl (C=O) groups excluding carboxylic acids is 2. The third kappa shape index (κ3) is 6.87. The van der Waals surface area contributed by atoms with Crippen LogP contribution in [0.4, 0.5) is 0 Å². The fourth-order valence-electron chi connectivity index (χ4n) is 6.05. The lowest BCUT2D eigenvalue weighted by Gasteiger charge is -2.32. The molecule has 0 aromatic heterocycles. The SMILES string of the molecule is COc1ccc(C2CC(c3ccc(OC)cc3OC)=NN2C(=O)CN(CCN2CCOCC2)C(=O)C2CCCC2)cc1. The van der Waals surface area contributed by atoms with Gasteiger partial charge in [0, 0.05) is 50.1 Å². The number of carbonyl (C=O) groups is 2. The van der Waals surface area contributed by atoms with Crippen molar-refractivity contribution in [2.24, 2.45) is 11.0 Å². The van der Waals surface area contributed by atoms with Crippen molar-refractivity contribution in [3.05, 3.63) is 53.6 Å². The zero-order valence-corrected chi connectivity index (χ0v) is 24.9. The Morgan fingerprint density at radius 3 is 2.31 bits per heavy atom. The van der Waals surface area contributed by atoms with Crippen LogP contribution in [0.25, 0.3) is 0 Å². The van der Waals surface area contributed by atoms with Crippen molar-refractivity contribution in [1.82, 2.24) is 14.8 Å². The number of ether oxygens (including phenoxy) is 4. The van der Waals surface area contributed by atoms with Crippen molar-refractivity contribution in [2.45, 2.75) is 38.1 Å². The Kier molecular flexibility index (Phi) is 9.97. The highest BCUT2D eigenvalue weighted by Gasteiger charge is 2.36. The highest BCUT2D eigenvalue weighted by molar-refractivity contribution is 6.05. The molecular weight excluding hydrogens is 536 g/mol. The average Bonchev–Trinajstić information content (AvgIpc) is 3.74. The first-order valence-electron chi connectivity index (χ1n) is 14.9. The molecule has 10 nitrogen and oxygen atoms in total. The number of hydrazone groups is 1. The average molecular weight is 579 g/mol. The molecular formula is C32H42N4O6. The van der Waals surface area contributed by atoms with E-state index in [0.29, 0.717) is 44.2 Å². The smallest absolute Gasteiger partial charge is 0.262 e. The number of nitrogens with zero attached hydrogens (tertiary/aromatic N) is 4. The fourth-order valence-corrected chi connectivity index (χ4v) is 6.05. The number of methoxy groups -OCH3 is 3. The summed E-state index contributed by atoms with van der Waals surface area (Å²) in [6, 6.07) is 13.0. The molecule has 2 aromatic rings. The van der Waals surface area contributed by atoms with E-state index in [-0.39, 0.29) is 30.3 Å². The van der Waals surface area contributed by atoms with E-state index in [1.807, 2.05) is 42.5 Å².